The highest BCUT2D eigenvalue weighted by Crippen LogP contribution is 2.10. The summed E-state index contributed by atoms with van der Waals surface area (Å²) >= 11 is 17.1. The normalized spacial score (nSPS) is 10.7. The van der Waals surface area contributed by atoms with Gasteiger partial charge in [-0.3, -0.25) is 0 Å². The highest BCUT2D eigenvalue weighted by Gasteiger charge is 1.92. The molecule has 0 unspecified atom stereocenters. The van der Waals surface area contributed by atoms with Gasteiger partial charge in [-0.2, -0.15) is 35.3 Å². The molecule has 0 saturated carbocycles. The lowest BCUT2D eigenvalue weighted by atomic mass is 10.6. The maximum absolute atomic E-state index is 5.57. The van der Waals surface area contributed by atoms with Crippen LogP contribution in [0.1, 0.15) is 6.42 Å². The number of rotatable bonds is 11. The van der Waals surface area contributed by atoms with E-state index in [2.05, 4.69) is 11.8 Å². The van der Waals surface area contributed by atoms with E-state index >= 15 is 0 Å². The van der Waals surface area contributed by atoms with Crippen molar-refractivity contribution in [1.82, 2.24) is 0 Å². The van der Waals surface area contributed by atoms with Crippen molar-refractivity contribution in [1.29, 1.82) is 0 Å². The molecule has 0 heterocycles. The summed E-state index contributed by atoms with van der Waals surface area (Å²) in [6.07, 6.45) is 1.31. The van der Waals surface area contributed by atoms with Gasteiger partial charge in [-0.25, -0.2) is 0 Å². The van der Waals surface area contributed by atoms with E-state index < -0.39 is 0 Å². The highest BCUT2D eigenvalue weighted by molar-refractivity contribution is 8.03. The van der Waals surface area contributed by atoms with Crippen LogP contribution in [0.4, 0.5) is 0 Å². The minimum atomic E-state index is 0.782. The Hall–Kier alpha value is 1.63. The molecule has 0 fully saturated rings. The molecule has 0 aliphatic heterocycles. The summed E-state index contributed by atoms with van der Waals surface area (Å²) in [4.78, 5) is 0. The standard InChI is InChI=1S/C9H18Cl2S3/c10-2-6-12-4-1-5-13-8-9-14-7-3-11/h1-9H2. The Bertz CT molecular complexity index is 92.1. The molecule has 0 amide bonds. The van der Waals surface area contributed by atoms with Crippen LogP contribution in [0.5, 0.6) is 0 Å². The van der Waals surface area contributed by atoms with Gasteiger partial charge in [-0.1, -0.05) is 0 Å². The molecule has 0 saturated heterocycles. The first kappa shape index (κ1) is 15.6. The van der Waals surface area contributed by atoms with E-state index in [1.54, 1.807) is 0 Å². The van der Waals surface area contributed by atoms with Gasteiger partial charge in [0.15, 0.2) is 0 Å². The van der Waals surface area contributed by atoms with Gasteiger partial charge in [0.05, 0.1) is 0 Å². The van der Waals surface area contributed by atoms with Gasteiger partial charge in [0, 0.05) is 34.8 Å². The predicted octanol–water partition coefficient (Wildman–Crippen LogP) is 4.05. The molecule has 0 bridgehead atoms. The lowest BCUT2D eigenvalue weighted by Crippen LogP contribution is -1.91. The lowest BCUT2D eigenvalue weighted by Gasteiger charge is -2.01. The quantitative estimate of drug-likeness (QED) is 0.416. The minimum Gasteiger partial charge on any atom is -0.161 e. The molecule has 5 heteroatoms. The van der Waals surface area contributed by atoms with Crippen LogP contribution in [-0.2, 0) is 0 Å². The Morgan fingerprint density at radius 3 is 1.50 bits per heavy atom. The molecule has 14 heavy (non-hydrogen) atoms. The summed E-state index contributed by atoms with van der Waals surface area (Å²) in [5.74, 6) is 8.81. The van der Waals surface area contributed by atoms with Crippen LogP contribution in [0.3, 0.4) is 0 Å². The zero-order chi connectivity index (χ0) is 10.5. The Kier molecular flexibility index (Phi) is 16.3. The first-order chi connectivity index (χ1) is 6.91. The summed E-state index contributed by atoms with van der Waals surface area (Å²) < 4.78 is 0. The fourth-order valence-electron chi connectivity index (χ4n) is 0.796. The van der Waals surface area contributed by atoms with E-state index in [0.29, 0.717) is 0 Å². The van der Waals surface area contributed by atoms with Crippen molar-refractivity contribution in [3.05, 3.63) is 0 Å². The number of alkyl halides is 2. The van der Waals surface area contributed by atoms with Crippen molar-refractivity contribution in [2.24, 2.45) is 0 Å². The molecular formula is C9H18Cl2S3. The van der Waals surface area contributed by atoms with Gasteiger partial charge >= 0.3 is 0 Å². The maximum atomic E-state index is 5.57. The van der Waals surface area contributed by atoms with Crippen molar-refractivity contribution in [3.8, 4) is 0 Å². The Balaban J connectivity index is 2.78. The monoisotopic (exact) mass is 292 g/mol. The van der Waals surface area contributed by atoms with Crippen LogP contribution in [0.25, 0.3) is 0 Å². The van der Waals surface area contributed by atoms with E-state index in [0.717, 1.165) is 23.3 Å². The second kappa shape index (κ2) is 14.6. The van der Waals surface area contributed by atoms with Crippen molar-refractivity contribution >= 4 is 58.5 Å². The van der Waals surface area contributed by atoms with E-state index in [-0.39, 0.29) is 0 Å². The zero-order valence-corrected chi connectivity index (χ0v) is 12.3. The Morgan fingerprint density at radius 2 is 1.00 bits per heavy atom. The molecule has 0 atom stereocenters. The number of hydrogen-bond acceptors (Lipinski definition) is 3. The molecule has 0 spiro atoms. The molecular weight excluding hydrogens is 275 g/mol. The topological polar surface area (TPSA) is 0 Å². The largest absolute Gasteiger partial charge is 0.161 e. The molecule has 0 aromatic rings. The van der Waals surface area contributed by atoms with Gasteiger partial charge in [0.1, 0.15) is 0 Å². The van der Waals surface area contributed by atoms with E-state index in [4.69, 9.17) is 23.2 Å². The summed E-state index contributed by atoms with van der Waals surface area (Å²) in [6, 6.07) is 0. The molecule has 0 N–H and O–H groups in total. The Morgan fingerprint density at radius 1 is 0.571 bits per heavy atom. The van der Waals surface area contributed by atoms with E-state index in [9.17, 15) is 0 Å². The Labute approximate surface area is 111 Å². The van der Waals surface area contributed by atoms with Crippen molar-refractivity contribution in [3.63, 3.8) is 0 Å². The fourth-order valence-corrected chi connectivity index (χ4v) is 4.10. The van der Waals surface area contributed by atoms with Gasteiger partial charge in [-0.15, -0.1) is 23.2 Å². The first-order valence-corrected chi connectivity index (χ1v) is 9.30. The molecule has 0 aliphatic rings. The van der Waals surface area contributed by atoms with Gasteiger partial charge in [0.2, 0.25) is 0 Å². The SMILES string of the molecule is ClCCSCCCSCCSCCCl. The van der Waals surface area contributed by atoms with Crippen molar-refractivity contribution in [2.45, 2.75) is 6.42 Å². The molecule has 0 aromatic carbocycles. The van der Waals surface area contributed by atoms with Gasteiger partial charge in [-0.05, 0) is 17.9 Å². The average Bonchev–Trinajstić information content (AvgIpc) is 2.21. The molecule has 0 aromatic heterocycles. The number of thioether (sulfide) groups is 3. The molecule has 0 radical (unpaired) electrons. The summed E-state index contributed by atoms with van der Waals surface area (Å²) in [7, 11) is 0. The second-order valence-corrected chi connectivity index (χ2v) is 7.00. The van der Waals surface area contributed by atoms with Crippen LogP contribution < -0.4 is 0 Å². The zero-order valence-electron chi connectivity index (χ0n) is 8.34. The second-order valence-electron chi connectivity index (χ2n) is 2.57. The van der Waals surface area contributed by atoms with Crippen LogP contribution in [0.15, 0.2) is 0 Å². The smallest absolute Gasteiger partial charge is 0.0314 e. The number of halogens is 2. The van der Waals surface area contributed by atoms with E-state index in [1.165, 1.54) is 29.4 Å². The van der Waals surface area contributed by atoms with Crippen molar-refractivity contribution < 1.29 is 0 Å². The van der Waals surface area contributed by atoms with Gasteiger partial charge in [0.25, 0.3) is 0 Å². The molecule has 0 rings (SSSR count). The third-order valence-electron chi connectivity index (χ3n) is 1.39. The first-order valence-electron chi connectivity index (χ1n) is 4.77. The molecule has 0 nitrogen and oxygen atoms in total. The van der Waals surface area contributed by atoms with Crippen LogP contribution in [-0.4, -0.2) is 46.3 Å². The summed E-state index contributed by atoms with van der Waals surface area (Å²) in [5, 5.41) is 0. The van der Waals surface area contributed by atoms with Crippen LogP contribution >= 0.6 is 58.5 Å². The van der Waals surface area contributed by atoms with Gasteiger partial charge < -0.3 is 0 Å². The maximum Gasteiger partial charge on any atom is 0.0314 e. The fraction of sp³-hybridized carbons (Fsp3) is 1.00. The van der Waals surface area contributed by atoms with Crippen LogP contribution in [0, 0.1) is 0 Å². The third-order valence-corrected chi connectivity index (χ3v) is 5.60. The van der Waals surface area contributed by atoms with Crippen LogP contribution in [0.2, 0.25) is 0 Å². The predicted molar refractivity (Wildman–Crippen MR) is 78.0 cm³/mol. The minimum absolute atomic E-state index is 0.782. The highest BCUT2D eigenvalue weighted by atomic mass is 35.5. The molecule has 86 valence electrons. The van der Waals surface area contributed by atoms with E-state index in [1.807, 2.05) is 23.5 Å². The average molecular weight is 293 g/mol. The lowest BCUT2D eigenvalue weighted by molar-refractivity contribution is 1.12. The summed E-state index contributed by atoms with van der Waals surface area (Å²) in [6.45, 7) is 0. The van der Waals surface area contributed by atoms with Crippen molar-refractivity contribution in [2.75, 3.05) is 46.3 Å². The molecule has 0 aliphatic carbocycles. The summed E-state index contributed by atoms with van der Waals surface area (Å²) in [5.41, 5.74) is 0. The third kappa shape index (κ3) is 13.6. The number of hydrogen-bond donors (Lipinski definition) is 0.